The summed E-state index contributed by atoms with van der Waals surface area (Å²) in [5, 5.41) is 17.9. The maximum atomic E-state index is 9.99. The molecule has 0 aliphatic heterocycles. The van der Waals surface area contributed by atoms with Crippen LogP contribution in [0.5, 0.6) is 0 Å². The van der Waals surface area contributed by atoms with E-state index in [0.717, 1.165) is 26.6 Å². The summed E-state index contributed by atoms with van der Waals surface area (Å²) in [4.78, 5) is 4.45. The van der Waals surface area contributed by atoms with Gasteiger partial charge in [0.25, 0.3) is 0 Å². The first kappa shape index (κ1) is 12.4. The van der Waals surface area contributed by atoms with Crippen molar-refractivity contribution in [2.75, 3.05) is 17.6 Å². The number of fused-ring (bicyclic) bond motifs is 1. The van der Waals surface area contributed by atoms with Crippen LogP contribution in [0.15, 0.2) is 35.0 Å². The second kappa shape index (κ2) is 5.16. The Labute approximate surface area is 118 Å². The molecule has 98 valence electrons. The van der Waals surface area contributed by atoms with Crippen molar-refractivity contribution in [3.8, 4) is 0 Å². The molecule has 1 unspecified atom stereocenters. The fourth-order valence-electron chi connectivity index (χ4n) is 1.78. The van der Waals surface area contributed by atoms with E-state index in [9.17, 15) is 5.11 Å². The fourth-order valence-corrected chi connectivity index (χ4v) is 3.41. The van der Waals surface area contributed by atoms with Gasteiger partial charge >= 0.3 is 0 Å². The van der Waals surface area contributed by atoms with Gasteiger partial charge in [0, 0.05) is 12.2 Å². The van der Waals surface area contributed by atoms with Crippen molar-refractivity contribution in [1.82, 2.24) is 4.98 Å². The third-order valence-electron chi connectivity index (χ3n) is 2.79. The second-order valence-corrected chi connectivity index (χ2v) is 6.01. The van der Waals surface area contributed by atoms with Gasteiger partial charge in [-0.05, 0) is 40.6 Å². The molecule has 0 saturated carbocycles. The molecular weight excluding hydrogens is 278 g/mol. The summed E-state index contributed by atoms with van der Waals surface area (Å²) in [7, 11) is 0. The smallest absolute Gasteiger partial charge is 0.183 e. The van der Waals surface area contributed by atoms with Crippen LogP contribution < -0.4 is 11.1 Å². The molecule has 0 spiro atoms. The topological polar surface area (TPSA) is 71.2 Å². The van der Waals surface area contributed by atoms with Crippen molar-refractivity contribution in [2.24, 2.45) is 0 Å². The first-order chi connectivity index (χ1) is 9.22. The standard InChI is InChI=1S/C13H13N3OS2/c14-9-1-2-10-12(5-9)19-13(16-10)15-6-11(17)8-3-4-18-7-8/h1-5,7,11,17H,6,14H2,(H,15,16). The molecule has 3 rings (SSSR count). The highest BCUT2D eigenvalue weighted by molar-refractivity contribution is 7.22. The molecule has 1 aromatic carbocycles. The molecule has 0 bridgehead atoms. The highest BCUT2D eigenvalue weighted by atomic mass is 32.1. The minimum absolute atomic E-state index is 0.450. The van der Waals surface area contributed by atoms with Gasteiger partial charge in [0.15, 0.2) is 5.13 Å². The van der Waals surface area contributed by atoms with E-state index < -0.39 is 6.10 Å². The summed E-state index contributed by atoms with van der Waals surface area (Å²) in [5.41, 5.74) is 8.33. The summed E-state index contributed by atoms with van der Waals surface area (Å²) in [6.45, 7) is 0.450. The number of anilines is 2. The predicted molar refractivity (Wildman–Crippen MR) is 81.8 cm³/mol. The number of nitrogens with one attached hydrogen (secondary N) is 1. The predicted octanol–water partition coefficient (Wildman–Crippen LogP) is 3.09. The van der Waals surface area contributed by atoms with E-state index in [-0.39, 0.29) is 0 Å². The van der Waals surface area contributed by atoms with Crippen molar-refractivity contribution in [2.45, 2.75) is 6.10 Å². The van der Waals surface area contributed by atoms with E-state index in [4.69, 9.17) is 5.73 Å². The van der Waals surface area contributed by atoms with Crippen molar-refractivity contribution in [3.63, 3.8) is 0 Å². The number of thiophene rings is 1. The van der Waals surface area contributed by atoms with Crippen LogP contribution in [0.2, 0.25) is 0 Å². The lowest BCUT2D eigenvalue weighted by Gasteiger charge is -2.08. The summed E-state index contributed by atoms with van der Waals surface area (Å²) in [6.07, 6.45) is -0.511. The number of hydrogen-bond donors (Lipinski definition) is 3. The van der Waals surface area contributed by atoms with Crippen LogP contribution in [0.25, 0.3) is 10.2 Å². The monoisotopic (exact) mass is 291 g/mol. The fraction of sp³-hybridized carbons (Fsp3) is 0.154. The number of rotatable bonds is 4. The summed E-state index contributed by atoms with van der Waals surface area (Å²) in [6, 6.07) is 7.58. The van der Waals surface area contributed by atoms with E-state index in [1.165, 1.54) is 11.3 Å². The van der Waals surface area contributed by atoms with Gasteiger partial charge in [0.05, 0.1) is 16.3 Å². The Morgan fingerprint density at radius 3 is 3.05 bits per heavy atom. The Hall–Kier alpha value is -1.63. The molecule has 2 aromatic heterocycles. The van der Waals surface area contributed by atoms with E-state index in [0.29, 0.717) is 6.54 Å². The van der Waals surface area contributed by atoms with Crippen LogP contribution in [-0.4, -0.2) is 16.6 Å². The number of nitrogen functional groups attached to an aromatic ring is 1. The first-order valence-electron chi connectivity index (χ1n) is 5.82. The highest BCUT2D eigenvalue weighted by Crippen LogP contribution is 2.28. The highest BCUT2D eigenvalue weighted by Gasteiger charge is 2.09. The van der Waals surface area contributed by atoms with Crippen LogP contribution >= 0.6 is 22.7 Å². The van der Waals surface area contributed by atoms with Crippen molar-refractivity contribution in [1.29, 1.82) is 0 Å². The molecule has 0 aliphatic carbocycles. The van der Waals surface area contributed by atoms with Crippen LogP contribution in [-0.2, 0) is 0 Å². The molecular formula is C13H13N3OS2. The van der Waals surface area contributed by atoms with Gasteiger partial charge in [0.2, 0.25) is 0 Å². The average Bonchev–Trinajstić information content (AvgIpc) is 3.04. The van der Waals surface area contributed by atoms with Gasteiger partial charge in [0.1, 0.15) is 0 Å². The number of thiazole rings is 1. The lowest BCUT2D eigenvalue weighted by Crippen LogP contribution is -2.11. The molecule has 0 saturated heterocycles. The molecule has 0 amide bonds. The Morgan fingerprint density at radius 2 is 2.26 bits per heavy atom. The van der Waals surface area contributed by atoms with Crippen LogP contribution in [0.3, 0.4) is 0 Å². The Balaban J connectivity index is 1.71. The van der Waals surface area contributed by atoms with Gasteiger partial charge in [-0.1, -0.05) is 11.3 Å². The van der Waals surface area contributed by atoms with E-state index in [1.807, 2.05) is 35.0 Å². The van der Waals surface area contributed by atoms with E-state index in [2.05, 4.69) is 10.3 Å². The van der Waals surface area contributed by atoms with E-state index in [1.54, 1.807) is 11.3 Å². The number of aromatic nitrogens is 1. The van der Waals surface area contributed by atoms with E-state index >= 15 is 0 Å². The maximum absolute atomic E-state index is 9.99. The number of nitrogens with zero attached hydrogens (tertiary/aromatic N) is 1. The van der Waals surface area contributed by atoms with Gasteiger partial charge < -0.3 is 16.2 Å². The van der Waals surface area contributed by atoms with Crippen LogP contribution in [0.1, 0.15) is 11.7 Å². The van der Waals surface area contributed by atoms with Gasteiger partial charge in [-0.3, -0.25) is 0 Å². The zero-order valence-corrected chi connectivity index (χ0v) is 11.7. The number of hydrogen-bond acceptors (Lipinski definition) is 6. The van der Waals surface area contributed by atoms with Gasteiger partial charge in [-0.15, -0.1) is 0 Å². The lowest BCUT2D eigenvalue weighted by atomic mass is 10.2. The largest absolute Gasteiger partial charge is 0.399 e. The molecule has 1 atom stereocenters. The summed E-state index contributed by atoms with van der Waals surface area (Å²) in [5.74, 6) is 0. The molecule has 4 nitrogen and oxygen atoms in total. The molecule has 0 radical (unpaired) electrons. The second-order valence-electron chi connectivity index (χ2n) is 4.20. The SMILES string of the molecule is Nc1ccc2nc(NCC(O)c3ccsc3)sc2c1. The quantitative estimate of drug-likeness (QED) is 0.646. The van der Waals surface area contributed by atoms with Crippen molar-refractivity contribution >= 4 is 43.7 Å². The number of aliphatic hydroxyl groups is 1. The molecule has 0 fully saturated rings. The third kappa shape index (κ3) is 2.70. The van der Waals surface area contributed by atoms with Gasteiger partial charge in [-0.2, -0.15) is 11.3 Å². The molecule has 2 heterocycles. The molecule has 19 heavy (non-hydrogen) atoms. The number of benzene rings is 1. The van der Waals surface area contributed by atoms with Crippen LogP contribution in [0.4, 0.5) is 10.8 Å². The van der Waals surface area contributed by atoms with Crippen molar-refractivity contribution in [3.05, 3.63) is 40.6 Å². The minimum atomic E-state index is -0.511. The molecule has 0 aliphatic rings. The maximum Gasteiger partial charge on any atom is 0.183 e. The van der Waals surface area contributed by atoms with Crippen LogP contribution in [0, 0.1) is 0 Å². The minimum Gasteiger partial charge on any atom is -0.399 e. The summed E-state index contributed by atoms with van der Waals surface area (Å²) < 4.78 is 1.05. The first-order valence-corrected chi connectivity index (χ1v) is 7.58. The van der Waals surface area contributed by atoms with Gasteiger partial charge in [-0.25, -0.2) is 4.98 Å². The Morgan fingerprint density at radius 1 is 1.37 bits per heavy atom. The average molecular weight is 291 g/mol. The number of nitrogens with two attached hydrogens (primary N) is 1. The third-order valence-corrected chi connectivity index (χ3v) is 4.46. The molecule has 3 aromatic rings. The molecule has 6 heteroatoms. The normalized spacial score (nSPS) is 12.7. The Bertz CT molecular complexity index is 678. The van der Waals surface area contributed by atoms with Crippen molar-refractivity contribution < 1.29 is 5.11 Å². The Kier molecular flexibility index (Phi) is 3.37. The lowest BCUT2D eigenvalue weighted by molar-refractivity contribution is 0.192. The summed E-state index contributed by atoms with van der Waals surface area (Å²) >= 11 is 3.12. The zero-order chi connectivity index (χ0) is 13.2. The zero-order valence-electron chi connectivity index (χ0n) is 10.0. The number of aliphatic hydroxyl groups excluding tert-OH is 1. The molecule has 4 N–H and O–H groups in total.